The molecule has 0 unspecified atom stereocenters. The van der Waals surface area contributed by atoms with Crippen molar-refractivity contribution in [3.05, 3.63) is 83.3 Å². The van der Waals surface area contributed by atoms with Gasteiger partial charge in [-0.25, -0.2) is 4.39 Å². The first-order chi connectivity index (χ1) is 16.0. The lowest BCUT2D eigenvalue weighted by Crippen LogP contribution is -2.22. The number of fused-ring (bicyclic) bond motifs is 1. The van der Waals surface area contributed by atoms with Crippen LogP contribution in [0.15, 0.2) is 60.8 Å². The van der Waals surface area contributed by atoms with E-state index >= 15 is 0 Å². The molecule has 0 saturated heterocycles. The molecule has 4 aromatic rings. The van der Waals surface area contributed by atoms with E-state index in [1.807, 2.05) is 6.07 Å². The van der Waals surface area contributed by atoms with Crippen molar-refractivity contribution in [2.45, 2.75) is 13.1 Å². The maximum absolute atomic E-state index is 13.2. The SMILES string of the molecule is COc1cc(CNC(=O)c2ccc3cnn(Cc4ccc(F)cc4)c3c2)cc(OC)c1OC. The van der Waals surface area contributed by atoms with E-state index in [0.717, 1.165) is 22.0 Å². The van der Waals surface area contributed by atoms with E-state index in [2.05, 4.69) is 10.4 Å². The summed E-state index contributed by atoms with van der Waals surface area (Å²) in [5, 5.41) is 8.25. The van der Waals surface area contributed by atoms with E-state index in [9.17, 15) is 9.18 Å². The number of carbonyl (C=O) groups is 1. The molecule has 4 rings (SSSR count). The van der Waals surface area contributed by atoms with E-state index in [4.69, 9.17) is 14.2 Å². The Labute approximate surface area is 190 Å². The van der Waals surface area contributed by atoms with Crippen LogP contribution in [0.2, 0.25) is 0 Å². The highest BCUT2D eigenvalue weighted by Gasteiger charge is 2.15. The number of nitrogens with zero attached hydrogens (tertiary/aromatic N) is 2. The number of hydrogen-bond acceptors (Lipinski definition) is 5. The number of amides is 1. The van der Waals surface area contributed by atoms with Gasteiger partial charge in [0.2, 0.25) is 5.75 Å². The first kappa shape index (κ1) is 22.1. The number of methoxy groups -OCH3 is 3. The summed E-state index contributed by atoms with van der Waals surface area (Å²) in [5.41, 5.74) is 3.05. The molecule has 8 heteroatoms. The number of benzene rings is 3. The van der Waals surface area contributed by atoms with Crippen LogP contribution in [-0.4, -0.2) is 37.0 Å². The third kappa shape index (κ3) is 4.74. The molecular weight excluding hydrogens is 425 g/mol. The van der Waals surface area contributed by atoms with Crippen LogP contribution in [0.3, 0.4) is 0 Å². The number of halogens is 1. The summed E-state index contributed by atoms with van der Waals surface area (Å²) in [5.74, 6) is 1.03. The van der Waals surface area contributed by atoms with Crippen molar-refractivity contribution in [2.75, 3.05) is 21.3 Å². The zero-order valence-electron chi connectivity index (χ0n) is 18.6. The molecule has 0 aliphatic carbocycles. The first-order valence-electron chi connectivity index (χ1n) is 10.3. The summed E-state index contributed by atoms with van der Waals surface area (Å²) < 4.78 is 31.1. The van der Waals surface area contributed by atoms with Crippen LogP contribution in [0, 0.1) is 5.82 Å². The second kappa shape index (κ2) is 9.60. The zero-order chi connectivity index (χ0) is 23.4. The molecule has 1 aromatic heterocycles. The molecular formula is C25H24FN3O4. The molecule has 0 bridgehead atoms. The molecule has 1 amide bonds. The minimum Gasteiger partial charge on any atom is -0.493 e. The Balaban J connectivity index is 1.52. The van der Waals surface area contributed by atoms with E-state index in [0.29, 0.717) is 29.4 Å². The molecule has 0 radical (unpaired) electrons. The van der Waals surface area contributed by atoms with Crippen LogP contribution in [0.25, 0.3) is 10.9 Å². The fourth-order valence-corrected chi connectivity index (χ4v) is 3.62. The van der Waals surface area contributed by atoms with Crippen molar-refractivity contribution in [1.82, 2.24) is 15.1 Å². The van der Waals surface area contributed by atoms with Gasteiger partial charge < -0.3 is 19.5 Å². The van der Waals surface area contributed by atoms with Crippen molar-refractivity contribution in [3.8, 4) is 17.2 Å². The van der Waals surface area contributed by atoms with Gasteiger partial charge in [-0.2, -0.15) is 5.10 Å². The molecule has 33 heavy (non-hydrogen) atoms. The number of hydrogen-bond donors (Lipinski definition) is 1. The number of ether oxygens (including phenoxy) is 3. The van der Waals surface area contributed by atoms with E-state index < -0.39 is 0 Å². The average molecular weight is 449 g/mol. The second-order valence-corrected chi connectivity index (χ2v) is 7.42. The normalized spacial score (nSPS) is 10.8. The third-order valence-corrected chi connectivity index (χ3v) is 5.33. The van der Waals surface area contributed by atoms with Crippen molar-refractivity contribution in [1.29, 1.82) is 0 Å². The molecule has 1 N–H and O–H groups in total. The Bertz CT molecular complexity index is 1260. The Hall–Kier alpha value is -4.07. The average Bonchev–Trinajstić information content (AvgIpc) is 3.24. The lowest BCUT2D eigenvalue weighted by molar-refractivity contribution is 0.0951. The van der Waals surface area contributed by atoms with Crippen molar-refractivity contribution in [2.24, 2.45) is 0 Å². The Morgan fingerprint density at radius 3 is 2.27 bits per heavy atom. The minimum atomic E-state index is -0.282. The maximum atomic E-state index is 13.2. The van der Waals surface area contributed by atoms with Gasteiger partial charge in [0.25, 0.3) is 5.91 Å². The lowest BCUT2D eigenvalue weighted by Gasteiger charge is -2.14. The highest BCUT2D eigenvalue weighted by Crippen LogP contribution is 2.38. The van der Waals surface area contributed by atoms with Gasteiger partial charge in [0.15, 0.2) is 11.5 Å². The van der Waals surface area contributed by atoms with Gasteiger partial charge in [-0.05, 0) is 47.5 Å². The van der Waals surface area contributed by atoms with Gasteiger partial charge in [0.05, 0.1) is 39.6 Å². The largest absolute Gasteiger partial charge is 0.493 e. The van der Waals surface area contributed by atoms with E-state index in [-0.39, 0.29) is 18.3 Å². The van der Waals surface area contributed by atoms with Crippen LogP contribution in [0.4, 0.5) is 4.39 Å². The first-order valence-corrected chi connectivity index (χ1v) is 10.3. The Kier molecular flexibility index (Phi) is 6.44. The van der Waals surface area contributed by atoms with E-state index in [1.165, 1.54) is 12.1 Å². The standard InChI is InChI=1S/C25H24FN3O4/c1-31-22-10-17(11-23(32-2)24(22)33-3)13-27-25(30)18-6-7-19-14-28-29(21(19)12-18)15-16-4-8-20(26)9-5-16/h4-12,14H,13,15H2,1-3H3,(H,27,30). The summed E-state index contributed by atoms with van der Waals surface area (Å²) in [6.45, 7) is 0.753. The molecule has 0 atom stereocenters. The molecule has 0 fully saturated rings. The molecule has 0 spiro atoms. The summed E-state index contributed by atoms with van der Waals surface area (Å²) >= 11 is 0. The van der Waals surface area contributed by atoms with Gasteiger partial charge in [-0.15, -0.1) is 0 Å². The molecule has 0 aliphatic heterocycles. The number of nitrogens with one attached hydrogen (secondary N) is 1. The molecule has 3 aromatic carbocycles. The molecule has 7 nitrogen and oxygen atoms in total. The number of aromatic nitrogens is 2. The number of rotatable bonds is 8. The van der Waals surface area contributed by atoms with Crippen LogP contribution in [-0.2, 0) is 13.1 Å². The molecule has 0 saturated carbocycles. The Morgan fingerprint density at radius 2 is 1.64 bits per heavy atom. The Morgan fingerprint density at radius 1 is 0.939 bits per heavy atom. The highest BCUT2D eigenvalue weighted by atomic mass is 19.1. The fraction of sp³-hybridized carbons (Fsp3) is 0.200. The molecule has 1 heterocycles. The van der Waals surface area contributed by atoms with Crippen LogP contribution in [0.5, 0.6) is 17.2 Å². The van der Waals surface area contributed by atoms with Gasteiger partial charge in [0, 0.05) is 17.5 Å². The third-order valence-electron chi connectivity index (χ3n) is 5.33. The van der Waals surface area contributed by atoms with Gasteiger partial charge in [0.1, 0.15) is 5.82 Å². The van der Waals surface area contributed by atoms with Crippen molar-refractivity contribution >= 4 is 16.8 Å². The van der Waals surface area contributed by atoms with Gasteiger partial charge in [-0.3, -0.25) is 9.48 Å². The van der Waals surface area contributed by atoms with Crippen LogP contribution < -0.4 is 19.5 Å². The predicted molar refractivity (Wildman–Crippen MR) is 123 cm³/mol. The van der Waals surface area contributed by atoms with Gasteiger partial charge >= 0.3 is 0 Å². The zero-order valence-corrected chi connectivity index (χ0v) is 18.6. The van der Waals surface area contributed by atoms with E-state index in [1.54, 1.807) is 68.6 Å². The highest BCUT2D eigenvalue weighted by molar-refractivity contribution is 5.97. The topological polar surface area (TPSA) is 74.6 Å². The summed E-state index contributed by atoms with van der Waals surface area (Å²) in [7, 11) is 4.63. The minimum absolute atomic E-state index is 0.222. The second-order valence-electron chi connectivity index (χ2n) is 7.42. The van der Waals surface area contributed by atoms with Crippen molar-refractivity contribution in [3.63, 3.8) is 0 Å². The lowest BCUT2D eigenvalue weighted by atomic mass is 10.1. The quantitative estimate of drug-likeness (QED) is 0.437. The van der Waals surface area contributed by atoms with Crippen LogP contribution in [0.1, 0.15) is 21.5 Å². The van der Waals surface area contributed by atoms with Crippen molar-refractivity contribution < 1.29 is 23.4 Å². The smallest absolute Gasteiger partial charge is 0.251 e. The molecule has 0 aliphatic rings. The predicted octanol–water partition coefficient (Wildman–Crippen LogP) is 4.18. The summed E-state index contributed by atoms with van der Waals surface area (Å²) in [4.78, 5) is 12.9. The van der Waals surface area contributed by atoms with Crippen LogP contribution >= 0.6 is 0 Å². The number of carbonyl (C=O) groups excluding carboxylic acids is 1. The molecule has 170 valence electrons. The summed E-state index contributed by atoms with van der Waals surface area (Å²) in [6, 6.07) is 15.3. The monoisotopic (exact) mass is 449 g/mol. The maximum Gasteiger partial charge on any atom is 0.251 e. The van der Waals surface area contributed by atoms with Gasteiger partial charge in [-0.1, -0.05) is 18.2 Å². The summed E-state index contributed by atoms with van der Waals surface area (Å²) in [6.07, 6.45) is 1.75. The fourth-order valence-electron chi connectivity index (χ4n) is 3.62.